The Kier molecular flexibility index (Phi) is 3.50. The van der Waals surface area contributed by atoms with Gasteiger partial charge in [-0.1, -0.05) is 28.1 Å². The summed E-state index contributed by atoms with van der Waals surface area (Å²) in [5.41, 5.74) is 3.19. The summed E-state index contributed by atoms with van der Waals surface area (Å²) in [6.45, 7) is 4.16. The molecule has 2 aromatic carbocycles. The molecule has 0 N–H and O–H groups in total. The Morgan fingerprint density at radius 2 is 1.71 bits per heavy atom. The average Bonchev–Trinajstić information content (AvgIpc) is 2.58. The Balaban J connectivity index is 2.30. The lowest BCUT2D eigenvalue weighted by molar-refractivity contribution is 0.995. The van der Waals surface area contributed by atoms with E-state index in [0.717, 1.165) is 26.3 Å². The molecule has 0 saturated heterocycles. The second-order valence-corrected chi connectivity index (χ2v) is 6.89. The number of fused-ring (bicyclic) bond motifs is 3. The summed E-state index contributed by atoms with van der Waals surface area (Å²) in [5, 5.41) is 2.71. The van der Waals surface area contributed by atoms with Crippen molar-refractivity contribution in [1.29, 1.82) is 0 Å². The number of nitrogens with zero attached hydrogens (tertiary/aromatic N) is 2. The summed E-state index contributed by atoms with van der Waals surface area (Å²) in [6, 6.07) is 15.7. The number of pyridine rings is 2. The van der Waals surface area contributed by atoms with E-state index in [1.165, 1.54) is 5.56 Å². The summed E-state index contributed by atoms with van der Waals surface area (Å²) in [6.07, 6.45) is 1.71. The third kappa shape index (κ3) is 2.26. The van der Waals surface area contributed by atoms with E-state index in [1.807, 2.05) is 36.4 Å². The predicted octanol–water partition coefficient (Wildman–Crippen LogP) is 4.92. The SMILES string of the molecule is Cc1cc2c3ccc(Br)cc3c(=O)n(-c3ccccn3)c2cc1C. The number of aromatic nitrogens is 2. The summed E-state index contributed by atoms with van der Waals surface area (Å²) in [4.78, 5) is 17.6. The van der Waals surface area contributed by atoms with Crippen LogP contribution >= 0.6 is 15.9 Å². The highest BCUT2D eigenvalue weighted by molar-refractivity contribution is 9.10. The van der Waals surface area contributed by atoms with Gasteiger partial charge in [-0.3, -0.25) is 9.36 Å². The lowest BCUT2D eigenvalue weighted by atomic mass is 10.0. The van der Waals surface area contributed by atoms with Gasteiger partial charge in [-0.25, -0.2) is 4.98 Å². The smallest absolute Gasteiger partial charge is 0.264 e. The molecule has 0 aliphatic carbocycles. The molecule has 0 aliphatic rings. The molecule has 0 saturated carbocycles. The highest BCUT2D eigenvalue weighted by atomic mass is 79.9. The first kappa shape index (κ1) is 15.1. The Morgan fingerprint density at radius 3 is 2.46 bits per heavy atom. The molecule has 2 aromatic heterocycles. The maximum absolute atomic E-state index is 13.2. The lowest BCUT2D eigenvalue weighted by Gasteiger charge is -2.14. The Labute approximate surface area is 147 Å². The highest BCUT2D eigenvalue weighted by Crippen LogP contribution is 2.28. The standard InChI is InChI=1S/C20H15BrN2O/c1-12-9-16-15-7-6-14(21)11-17(15)20(24)23(18(16)10-13(12)2)19-5-3-4-8-22-19/h3-11H,1-2H3. The largest absolute Gasteiger partial charge is 0.268 e. The van der Waals surface area contributed by atoms with Crippen molar-refractivity contribution in [2.75, 3.05) is 0 Å². The van der Waals surface area contributed by atoms with Crippen LogP contribution in [0.1, 0.15) is 11.1 Å². The normalized spacial score (nSPS) is 11.3. The van der Waals surface area contributed by atoms with E-state index in [1.54, 1.807) is 10.8 Å². The third-order valence-electron chi connectivity index (χ3n) is 4.44. The number of hydrogen-bond donors (Lipinski definition) is 0. The second-order valence-electron chi connectivity index (χ2n) is 5.97. The van der Waals surface area contributed by atoms with Crippen molar-refractivity contribution in [3.05, 3.63) is 80.7 Å². The van der Waals surface area contributed by atoms with Gasteiger partial charge in [0.1, 0.15) is 5.82 Å². The van der Waals surface area contributed by atoms with Gasteiger partial charge in [0, 0.05) is 21.4 Å². The van der Waals surface area contributed by atoms with E-state index in [2.05, 4.69) is 46.9 Å². The monoisotopic (exact) mass is 378 g/mol. The topological polar surface area (TPSA) is 34.9 Å². The van der Waals surface area contributed by atoms with Crippen molar-refractivity contribution in [3.8, 4) is 5.82 Å². The summed E-state index contributed by atoms with van der Waals surface area (Å²) < 4.78 is 2.60. The fourth-order valence-corrected chi connectivity index (χ4v) is 3.43. The van der Waals surface area contributed by atoms with Gasteiger partial charge in [-0.05, 0) is 66.8 Å². The molecule has 4 rings (SSSR count). The van der Waals surface area contributed by atoms with Gasteiger partial charge in [-0.15, -0.1) is 0 Å². The molecule has 4 aromatic rings. The van der Waals surface area contributed by atoms with Crippen LogP contribution in [0.2, 0.25) is 0 Å². The van der Waals surface area contributed by atoms with E-state index in [0.29, 0.717) is 11.2 Å². The molecule has 4 heteroatoms. The van der Waals surface area contributed by atoms with Crippen LogP contribution < -0.4 is 5.56 Å². The van der Waals surface area contributed by atoms with Crippen LogP contribution in [0, 0.1) is 13.8 Å². The van der Waals surface area contributed by atoms with Crippen molar-refractivity contribution in [2.24, 2.45) is 0 Å². The minimum Gasteiger partial charge on any atom is -0.268 e. The molecule has 0 bridgehead atoms. The molecule has 118 valence electrons. The van der Waals surface area contributed by atoms with Crippen molar-refractivity contribution in [2.45, 2.75) is 13.8 Å². The van der Waals surface area contributed by atoms with E-state index in [-0.39, 0.29) is 5.56 Å². The first-order valence-electron chi connectivity index (χ1n) is 7.73. The zero-order valence-electron chi connectivity index (χ0n) is 13.4. The number of hydrogen-bond acceptors (Lipinski definition) is 2. The number of halogens is 1. The van der Waals surface area contributed by atoms with Gasteiger partial charge in [0.25, 0.3) is 5.56 Å². The van der Waals surface area contributed by atoms with Crippen LogP contribution in [-0.4, -0.2) is 9.55 Å². The van der Waals surface area contributed by atoms with Crippen LogP contribution in [0.3, 0.4) is 0 Å². The molecule has 0 unspecified atom stereocenters. The second kappa shape index (κ2) is 5.56. The van der Waals surface area contributed by atoms with Crippen molar-refractivity contribution < 1.29 is 0 Å². The maximum atomic E-state index is 13.2. The quantitative estimate of drug-likeness (QED) is 0.440. The van der Waals surface area contributed by atoms with Crippen LogP contribution in [0.5, 0.6) is 0 Å². The van der Waals surface area contributed by atoms with E-state index >= 15 is 0 Å². The summed E-state index contributed by atoms with van der Waals surface area (Å²) in [5.74, 6) is 0.637. The summed E-state index contributed by atoms with van der Waals surface area (Å²) in [7, 11) is 0. The fourth-order valence-electron chi connectivity index (χ4n) is 3.07. The Bertz CT molecular complexity index is 1150. The molecule has 3 nitrogen and oxygen atoms in total. The molecule has 2 heterocycles. The minimum atomic E-state index is -0.0549. The van der Waals surface area contributed by atoms with Gasteiger partial charge in [0.05, 0.1) is 5.52 Å². The van der Waals surface area contributed by atoms with Crippen molar-refractivity contribution in [3.63, 3.8) is 0 Å². The molecular formula is C20H15BrN2O. The summed E-state index contributed by atoms with van der Waals surface area (Å²) >= 11 is 3.47. The van der Waals surface area contributed by atoms with Gasteiger partial charge >= 0.3 is 0 Å². The molecule has 0 atom stereocenters. The Morgan fingerprint density at radius 1 is 0.917 bits per heavy atom. The predicted molar refractivity (Wildman–Crippen MR) is 102 cm³/mol. The van der Waals surface area contributed by atoms with Crippen LogP contribution in [0.25, 0.3) is 27.5 Å². The average molecular weight is 379 g/mol. The fraction of sp³-hybridized carbons (Fsp3) is 0.100. The van der Waals surface area contributed by atoms with E-state index in [4.69, 9.17) is 0 Å². The van der Waals surface area contributed by atoms with Gasteiger partial charge in [0.2, 0.25) is 0 Å². The van der Waals surface area contributed by atoms with Crippen molar-refractivity contribution >= 4 is 37.6 Å². The molecule has 0 fully saturated rings. The molecule has 0 aliphatic heterocycles. The molecule has 24 heavy (non-hydrogen) atoms. The number of rotatable bonds is 1. The van der Waals surface area contributed by atoms with Crippen LogP contribution in [-0.2, 0) is 0 Å². The highest BCUT2D eigenvalue weighted by Gasteiger charge is 2.14. The minimum absolute atomic E-state index is 0.0549. The van der Waals surface area contributed by atoms with Crippen LogP contribution in [0.4, 0.5) is 0 Å². The van der Waals surface area contributed by atoms with Crippen molar-refractivity contribution in [1.82, 2.24) is 9.55 Å². The van der Waals surface area contributed by atoms with E-state index in [9.17, 15) is 4.79 Å². The van der Waals surface area contributed by atoms with Crippen LogP contribution in [0.15, 0.2) is 64.0 Å². The molecule has 0 amide bonds. The zero-order chi connectivity index (χ0) is 16.8. The Hall–Kier alpha value is -2.46. The molecule has 0 radical (unpaired) electrons. The van der Waals surface area contributed by atoms with Gasteiger partial charge in [-0.2, -0.15) is 0 Å². The first-order valence-corrected chi connectivity index (χ1v) is 8.52. The van der Waals surface area contributed by atoms with Gasteiger partial charge < -0.3 is 0 Å². The zero-order valence-corrected chi connectivity index (χ0v) is 15.0. The molecule has 0 spiro atoms. The van der Waals surface area contributed by atoms with E-state index < -0.39 is 0 Å². The first-order chi connectivity index (χ1) is 11.6. The number of aryl methyl sites for hydroxylation is 2. The van der Waals surface area contributed by atoms with Gasteiger partial charge in [0.15, 0.2) is 0 Å². The third-order valence-corrected chi connectivity index (χ3v) is 4.93. The lowest BCUT2D eigenvalue weighted by Crippen LogP contribution is -2.20. The maximum Gasteiger partial charge on any atom is 0.264 e. The number of benzene rings is 2. The molecular weight excluding hydrogens is 364 g/mol.